The van der Waals surface area contributed by atoms with Gasteiger partial charge in [0.15, 0.2) is 5.82 Å². The highest BCUT2D eigenvalue weighted by Gasteiger charge is 2.28. The van der Waals surface area contributed by atoms with Crippen molar-refractivity contribution in [2.24, 2.45) is 0 Å². The lowest BCUT2D eigenvalue weighted by Gasteiger charge is -1.97. The number of tetrazole rings is 1. The number of halogens is 3. The lowest BCUT2D eigenvalue weighted by Crippen LogP contribution is -2.02. The van der Waals surface area contributed by atoms with Crippen LogP contribution in [0.3, 0.4) is 0 Å². The molecule has 1 saturated carbocycles. The molecule has 1 aromatic rings. The molecule has 1 heterocycles. The van der Waals surface area contributed by atoms with Crippen LogP contribution in [0.4, 0.5) is 0 Å². The molecule has 0 aliphatic heterocycles. The Bertz CT molecular complexity index is 365. The van der Waals surface area contributed by atoms with E-state index in [4.69, 9.17) is 0 Å². The van der Waals surface area contributed by atoms with Crippen molar-refractivity contribution < 1.29 is 0 Å². The van der Waals surface area contributed by atoms with E-state index >= 15 is 0 Å². The summed E-state index contributed by atoms with van der Waals surface area (Å²) in [7, 11) is 0. The zero-order chi connectivity index (χ0) is 10.1. The fraction of sp³-hybridized carbons (Fsp3) is 0.571. The van der Waals surface area contributed by atoms with Crippen LogP contribution in [0.2, 0.25) is 0 Å². The van der Waals surface area contributed by atoms with Gasteiger partial charge in [-0.15, -0.1) is 10.2 Å². The molecule has 0 aromatic carbocycles. The van der Waals surface area contributed by atoms with Crippen molar-refractivity contribution in [2.75, 3.05) is 0 Å². The smallest absolute Gasteiger partial charge is 0.159 e. The van der Waals surface area contributed by atoms with Gasteiger partial charge in [-0.2, -0.15) is 4.80 Å². The Morgan fingerprint density at radius 1 is 1.36 bits per heavy atom. The van der Waals surface area contributed by atoms with Crippen LogP contribution in [-0.2, 0) is 6.54 Å². The zero-order valence-corrected chi connectivity index (χ0v) is 13.6. The lowest BCUT2D eigenvalue weighted by atomic mass is 10.4. The van der Waals surface area contributed by atoms with Crippen molar-refractivity contribution in [1.82, 2.24) is 20.2 Å². The summed E-state index contributed by atoms with van der Waals surface area (Å²) in [5.41, 5.74) is 0. The predicted octanol–water partition coefficient (Wildman–Crippen LogP) is 3.02. The van der Waals surface area contributed by atoms with E-state index in [0.29, 0.717) is 5.92 Å². The van der Waals surface area contributed by atoms with Gasteiger partial charge in [0, 0.05) is 9.50 Å². The molecule has 1 aliphatic carbocycles. The molecule has 0 bridgehead atoms. The van der Waals surface area contributed by atoms with Crippen molar-refractivity contribution >= 4 is 67.8 Å². The molecule has 4 nitrogen and oxygen atoms in total. The van der Waals surface area contributed by atoms with Gasteiger partial charge in [-0.25, -0.2) is 0 Å². The quantitative estimate of drug-likeness (QED) is 0.568. The second-order valence-corrected chi connectivity index (χ2v) is 8.64. The van der Waals surface area contributed by atoms with Gasteiger partial charge in [-0.05, 0) is 85.8 Å². The number of nitrogens with zero attached hydrogens (tertiary/aromatic N) is 4. The normalized spacial score (nSPS) is 15.6. The molecular weight excluding hydrogens is 521 g/mol. The van der Waals surface area contributed by atoms with Gasteiger partial charge in [0.2, 0.25) is 0 Å². The molecule has 7 heteroatoms. The first-order valence-electron chi connectivity index (χ1n) is 4.14. The third kappa shape index (κ3) is 3.00. The van der Waals surface area contributed by atoms with E-state index in [1.807, 2.05) is 0 Å². The summed E-state index contributed by atoms with van der Waals surface area (Å²) in [4.78, 5) is 1.67. The molecule has 0 atom stereocenters. The summed E-state index contributed by atoms with van der Waals surface area (Å²) in [6.07, 6.45) is 2.45. The van der Waals surface area contributed by atoms with Gasteiger partial charge in [-0.1, -0.05) is 0 Å². The Hall–Kier alpha value is 1.00. The van der Waals surface area contributed by atoms with Crippen LogP contribution in [0.15, 0.2) is 5.17 Å². The second-order valence-electron chi connectivity index (χ2n) is 3.12. The van der Waals surface area contributed by atoms with Gasteiger partial charge in [0.1, 0.15) is 0 Å². The van der Waals surface area contributed by atoms with Gasteiger partial charge in [0.25, 0.3) is 0 Å². The minimum Gasteiger partial charge on any atom is -0.159 e. The third-order valence-electron chi connectivity index (χ3n) is 1.90. The second kappa shape index (κ2) is 4.89. The van der Waals surface area contributed by atoms with Crippen LogP contribution in [0.5, 0.6) is 0 Å². The van der Waals surface area contributed by atoms with Crippen LogP contribution < -0.4 is 0 Å². The Balaban J connectivity index is 2.06. The molecule has 14 heavy (non-hydrogen) atoms. The highest BCUT2D eigenvalue weighted by molar-refractivity contribution is 14.2. The number of rotatable bonds is 3. The van der Waals surface area contributed by atoms with Crippen molar-refractivity contribution in [1.29, 1.82) is 0 Å². The molecule has 0 unspecified atom stereocenters. The van der Waals surface area contributed by atoms with Crippen molar-refractivity contribution in [3.8, 4) is 0 Å². The fourth-order valence-electron chi connectivity index (χ4n) is 1.01. The van der Waals surface area contributed by atoms with Gasteiger partial charge < -0.3 is 0 Å². The highest BCUT2D eigenvalue weighted by atomic mass is 127. The number of hydrogen-bond acceptors (Lipinski definition) is 3. The minimum atomic E-state index is 0.587. The molecule has 1 aliphatic rings. The SMILES string of the molecule is IC(I)=C(I)Cn1nnc(C2CC2)n1. The summed E-state index contributed by atoms with van der Waals surface area (Å²) >= 11 is 6.91. The van der Waals surface area contributed by atoms with E-state index < -0.39 is 0 Å². The Labute approximate surface area is 123 Å². The van der Waals surface area contributed by atoms with E-state index in [-0.39, 0.29) is 0 Å². The monoisotopic (exact) mass is 528 g/mol. The predicted molar refractivity (Wildman–Crippen MR) is 78.9 cm³/mol. The van der Waals surface area contributed by atoms with E-state index in [9.17, 15) is 0 Å². The molecule has 1 aromatic heterocycles. The van der Waals surface area contributed by atoms with Crippen LogP contribution in [-0.4, -0.2) is 20.2 Å². The largest absolute Gasteiger partial charge is 0.177 e. The maximum absolute atomic E-state index is 4.34. The summed E-state index contributed by atoms with van der Waals surface area (Å²) < 4.78 is 2.51. The first-order valence-corrected chi connectivity index (χ1v) is 7.38. The van der Waals surface area contributed by atoms with Crippen LogP contribution in [0.25, 0.3) is 0 Å². The van der Waals surface area contributed by atoms with Gasteiger partial charge in [-0.3, -0.25) is 0 Å². The summed E-state index contributed by atoms with van der Waals surface area (Å²) in [5.74, 6) is 1.50. The summed E-state index contributed by atoms with van der Waals surface area (Å²) in [6.45, 7) is 0.738. The standard InChI is InChI=1S/C7H7I3N4/c8-5(6(9)10)3-14-12-7(11-13-14)4-1-2-4/h4H,1-3H2. The fourth-order valence-corrected chi connectivity index (χ4v) is 1.66. The first-order chi connectivity index (χ1) is 6.66. The molecule has 0 spiro atoms. The Kier molecular flexibility index (Phi) is 4.01. The maximum atomic E-state index is 4.34. The summed E-state index contributed by atoms with van der Waals surface area (Å²) in [6, 6.07) is 0. The average molecular weight is 528 g/mol. The lowest BCUT2D eigenvalue weighted by molar-refractivity contribution is 0.578. The van der Waals surface area contributed by atoms with Gasteiger partial charge in [0.05, 0.1) is 8.13 Å². The van der Waals surface area contributed by atoms with E-state index in [2.05, 4.69) is 83.2 Å². The molecule has 0 N–H and O–H groups in total. The molecule has 2 rings (SSSR count). The molecule has 0 amide bonds. The Morgan fingerprint density at radius 3 is 2.64 bits per heavy atom. The van der Waals surface area contributed by atoms with Crippen molar-refractivity contribution in [2.45, 2.75) is 25.3 Å². The van der Waals surface area contributed by atoms with E-state index in [0.717, 1.165) is 12.4 Å². The summed E-state index contributed by atoms with van der Waals surface area (Å²) in [5, 5.41) is 12.4. The Morgan fingerprint density at radius 2 is 2.07 bits per heavy atom. The van der Waals surface area contributed by atoms with E-state index in [1.54, 1.807) is 4.80 Å². The minimum absolute atomic E-state index is 0.587. The third-order valence-corrected chi connectivity index (χ3v) is 6.14. The van der Waals surface area contributed by atoms with Crippen LogP contribution in [0, 0.1) is 0 Å². The first kappa shape index (κ1) is 11.5. The molecule has 76 valence electrons. The average Bonchev–Trinajstić information content (AvgIpc) is 2.88. The number of hydrogen-bond donors (Lipinski definition) is 0. The molecular formula is C7H7I3N4. The van der Waals surface area contributed by atoms with Crippen LogP contribution >= 0.6 is 67.8 Å². The topological polar surface area (TPSA) is 43.6 Å². The van der Waals surface area contributed by atoms with Crippen molar-refractivity contribution in [3.05, 3.63) is 11.0 Å². The molecule has 1 fully saturated rings. The van der Waals surface area contributed by atoms with Crippen molar-refractivity contribution in [3.63, 3.8) is 0 Å². The molecule has 0 radical (unpaired) electrons. The van der Waals surface area contributed by atoms with E-state index in [1.165, 1.54) is 18.0 Å². The molecule has 0 saturated heterocycles. The number of aromatic nitrogens is 4. The number of allylic oxidation sites excluding steroid dienone is 1. The van der Waals surface area contributed by atoms with Crippen LogP contribution in [0.1, 0.15) is 24.6 Å². The zero-order valence-electron chi connectivity index (χ0n) is 7.12. The van der Waals surface area contributed by atoms with Gasteiger partial charge >= 0.3 is 0 Å². The maximum Gasteiger partial charge on any atom is 0.177 e. The highest BCUT2D eigenvalue weighted by Crippen LogP contribution is 2.37.